The zero-order valence-electron chi connectivity index (χ0n) is 35.0. The number of carbonyl (C=O) groups is 6. The Morgan fingerprint density at radius 3 is 1.54 bits per heavy atom. The van der Waals surface area contributed by atoms with Gasteiger partial charge in [-0.2, -0.15) is 10.5 Å². The van der Waals surface area contributed by atoms with Gasteiger partial charge in [-0.15, -0.1) is 0 Å². The molecule has 3 N–H and O–H groups in total. The van der Waals surface area contributed by atoms with Gasteiger partial charge in [-0.1, -0.05) is 94.8 Å². The molecule has 2 fully saturated rings. The molecule has 1 aliphatic heterocycles. The van der Waals surface area contributed by atoms with Crippen molar-refractivity contribution in [3.8, 4) is 12.1 Å². The predicted molar refractivity (Wildman–Crippen MR) is 220 cm³/mol. The number of ketones is 1. The number of ether oxygens (including phenoxy) is 2. The van der Waals surface area contributed by atoms with E-state index < -0.39 is 35.9 Å². The van der Waals surface area contributed by atoms with Gasteiger partial charge >= 0.3 is 11.9 Å². The van der Waals surface area contributed by atoms with E-state index in [1.165, 1.54) is 0 Å². The average Bonchev–Trinajstić information content (AvgIpc) is 3.62. The highest BCUT2D eigenvalue weighted by atomic mass is 16.5. The number of nitrogens with zero attached hydrogens (tertiary/aromatic N) is 2. The number of amides is 3. The van der Waals surface area contributed by atoms with Crippen LogP contribution in [-0.4, -0.2) is 54.1 Å². The third kappa shape index (κ3) is 18.3. The molecular formula is C46H61N5O8. The first-order valence-corrected chi connectivity index (χ1v) is 20.9. The van der Waals surface area contributed by atoms with Gasteiger partial charge in [-0.3, -0.25) is 28.8 Å². The second-order valence-electron chi connectivity index (χ2n) is 16.4. The van der Waals surface area contributed by atoms with Crippen molar-refractivity contribution in [1.82, 2.24) is 16.0 Å². The molecule has 0 spiro atoms. The number of esters is 2. The molecule has 6 atom stereocenters. The van der Waals surface area contributed by atoms with Gasteiger partial charge in [0.1, 0.15) is 31.1 Å². The van der Waals surface area contributed by atoms with Crippen LogP contribution in [0.15, 0.2) is 60.7 Å². The van der Waals surface area contributed by atoms with Crippen molar-refractivity contribution in [2.24, 2.45) is 35.5 Å². The number of Topliss-reactive ketones (excluding diaryl/α,β-unsaturated/α-hetero) is 1. The highest BCUT2D eigenvalue weighted by Gasteiger charge is 2.32. The summed E-state index contributed by atoms with van der Waals surface area (Å²) in [5, 5.41) is 27.1. The Hall–Kier alpha value is -5.56. The van der Waals surface area contributed by atoms with E-state index in [2.05, 4.69) is 28.1 Å². The summed E-state index contributed by atoms with van der Waals surface area (Å²) in [6.45, 7) is 8.84. The minimum absolute atomic E-state index is 0.0304. The quantitative estimate of drug-likeness (QED) is 0.128. The highest BCUT2D eigenvalue weighted by molar-refractivity contribution is 5.85. The van der Waals surface area contributed by atoms with Crippen molar-refractivity contribution in [3.63, 3.8) is 0 Å². The summed E-state index contributed by atoms with van der Waals surface area (Å²) in [6.07, 6.45) is 5.45. The fourth-order valence-electron chi connectivity index (χ4n) is 7.31. The summed E-state index contributed by atoms with van der Waals surface area (Å²) in [5.41, 5.74) is 1.77. The van der Waals surface area contributed by atoms with Gasteiger partial charge in [0.2, 0.25) is 17.7 Å². The molecule has 1 heterocycles. The van der Waals surface area contributed by atoms with Crippen molar-refractivity contribution in [2.75, 3.05) is 6.54 Å². The Bertz CT molecular complexity index is 1750. The molecule has 2 aromatic rings. The molecule has 13 nitrogen and oxygen atoms in total. The molecule has 59 heavy (non-hydrogen) atoms. The van der Waals surface area contributed by atoms with Gasteiger partial charge in [0, 0.05) is 36.6 Å². The fraction of sp³-hybridized carbons (Fsp3) is 0.565. The lowest BCUT2D eigenvalue weighted by atomic mass is 9.83. The first kappa shape index (κ1) is 47.8. The van der Waals surface area contributed by atoms with Gasteiger partial charge < -0.3 is 25.4 Å². The van der Waals surface area contributed by atoms with E-state index in [1.807, 2.05) is 88.4 Å². The molecule has 318 valence electrons. The monoisotopic (exact) mass is 811 g/mol. The Balaban J connectivity index is 0.000000316. The normalized spacial score (nSPS) is 18.1. The van der Waals surface area contributed by atoms with Crippen molar-refractivity contribution in [2.45, 2.75) is 124 Å². The Morgan fingerprint density at radius 2 is 1.15 bits per heavy atom. The van der Waals surface area contributed by atoms with Gasteiger partial charge in [-0.25, -0.2) is 0 Å². The fourth-order valence-corrected chi connectivity index (χ4v) is 7.31. The lowest BCUT2D eigenvalue weighted by molar-refractivity contribution is -0.148. The Labute approximate surface area is 349 Å². The number of nitrogens with one attached hydrogen (secondary N) is 3. The molecule has 2 aliphatic rings. The minimum atomic E-state index is -0.758. The average molecular weight is 812 g/mol. The number of hydrogen-bond donors (Lipinski definition) is 3. The van der Waals surface area contributed by atoms with Crippen LogP contribution in [0, 0.1) is 58.2 Å². The van der Waals surface area contributed by atoms with Crippen molar-refractivity contribution in [3.05, 3.63) is 71.8 Å². The number of benzene rings is 2. The van der Waals surface area contributed by atoms with Crippen LogP contribution in [0.5, 0.6) is 0 Å². The molecule has 1 saturated heterocycles. The highest BCUT2D eigenvalue weighted by Crippen LogP contribution is 2.25. The summed E-state index contributed by atoms with van der Waals surface area (Å²) in [7, 11) is 0. The smallest absolute Gasteiger partial charge is 0.306 e. The molecule has 0 unspecified atom stereocenters. The molecule has 3 amide bonds. The summed E-state index contributed by atoms with van der Waals surface area (Å²) < 4.78 is 10.6. The van der Waals surface area contributed by atoms with E-state index in [4.69, 9.17) is 9.47 Å². The molecule has 13 heteroatoms. The third-order valence-electron chi connectivity index (χ3n) is 10.4. The predicted octanol–water partition coefficient (Wildman–Crippen LogP) is 6.26. The number of hydrogen-bond acceptors (Lipinski definition) is 10. The maximum atomic E-state index is 12.8. The summed E-state index contributed by atoms with van der Waals surface area (Å²) in [5.74, 6) is -2.61. The van der Waals surface area contributed by atoms with Crippen LogP contribution >= 0.6 is 0 Å². The molecule has 0 bridgehead atoms. The zero-order chi connectivity index (χ0) is 43.2. The van der Waals surface area contributed by atoms with Crippen LogP contribution in [0.3, 0.4) is 0 Å². The van der Waals surface area contributed by atoms with E-state index in [0.29, 0.717) is 38.6 Å². The molecular weight excluding hydrogens is 751 g/mol. The molecule has 0 radical (unpaired) electrons. The molecule has 2 aromatic carbocycles. The number of nitriles is 2. The van der Waals surface area contributed by atoms with Crippen molar-refractivity contribution in [1.29, 1.82) is 10.5 Å². The number of rotatable bonds is 20. The summed E-state index contributed by atoms with van der Waals surface area (Å²) >= 11 is 0. The molecule has 1 saturated carbocycles. The Morgan fingerprint density at radius 1 is 0.695 bits per heavy atom. The van der Waals surface area contributed by atoms with Gasteiger partial charge in [0.15, 0.2) is 0 Å². The van der Waals surface area contributed by atoms with Gasteiger partial charge in [0.25, 0.3) is 0 Å². The van der Waals surface area contributed by atoms with Gasteiger partial charge in [0.05, 0.1) is 25.0 Å². The minimum Gasteiger partial charge on any atom is -0.461 e. The third-order valence-corrected chi connectivity index (χ3v) is 10.4. The van der Waals surface area contributed by atoms with E-state index in [9.17, 15) is 39.3 Å². The Kier molecular flexibility index (Phi) is 20.8. The summed E-state index contributed by atoms with van der Waals surface area (Å²) in [4.78, 5) is 73.9. The van der Waals surface area contributed by atoms with E-state index >= 15 is 0 Å². The SMILES string of the molecule is CC(C)C[C@H](CC(=O)OCc1ccccc1)C(=O)N[C@H](C#N)C[C@@H]1CCCCC1=O.CC(C)C[C@H](CC(=O)OCc1ccccc1)C(=O)N[C@H](C#N)C[C@@H]1CCNC1=O. The summed E-state index contributed by atoms with van der Waals surface area (Å²) in [6, 6.07) is 21.4. The van der Waals surface area contributed by atoms with Gasteiger partial charge in [-0.05, 0) is 67.9 Å². The maximum absolute atomic E-state index is 12.8. The van der Waals surface area contributed by atoms with Crippen LogP contribution in [0.4, 0.5) is 0 Å². The standard InChI is InChI=1S/C24H32N2O4.C22H29N3O4/c1-17(2)12-20(14-23(28)30-16-18-8-4-3-5-9-18)24(29)26-21(15-25)13-19-10-6-7-11-22(19)27;1-15(2)10-18(12-20(26)29-14-16-6-4-3-5-7-16)22(28)25-19(13-23)11-17-8-9-24-21(17)27/h3-5,8-9,17,19-21H,6-7,10-14,16H2,1-2H3,(H,26,29);3-7,15,17-19H,8-12,14H2,1-2H3,(H,24,27)(H,25,28)/t19-,20+,21-;17-,18+,19-/m00/s1. The molecule has 1 aliphatic carbocycles. The lowest BCUT2D eigenvalue weighted by Crippen LogP contribution is -2.41. The topological polar surface area (TPSA) is 205 Å². The second kappa shape index (κ2) is 25.7. The lowest BCUT2D eigenvalue weighted by Gasteiger charge is -2.24. The second-order valence-corrected chi connectivity index (χ2v) is 16.4. The first-order valence-electron chi connectivity index (χ1n) is 20.9. The van der Waals surface area contributed by atoms with Crippen LogP contribution in [0.1, 0.15) is 109 Å². The zero-order valence-corrected chi connectivity index (χ0v) is 35.0. The van der Waals surface area contributed by atoms with Crippen molar-refractivity contribution >= 4 is 35.4 Å². The molecule has 0 aromatic heterocycles. The van der Waals surface area contributed by atoms with Crippen molar-refractivity contribution < 1.29 is 38.2 Å². The van der Waals surface area contributed by atoms with E-state index in [-0.39, 0.29) is 79.7 Å². The van der Waals surface area contributed by atoms with E-state index in [1.54, 1.807) is 0 Å². The molecule has 4 rings (SSSR count). The van der Waals surface area contributed by atoms with Crippen LogP contribution < -0.4 is 16.0 Å². The van der Waals surface area contributed by atoms with E-state index in [0.717, 1.165) is 30.4 Å². The van der Waals surface area contributed by atoms with Crippen LogP contribution in [0.25, 0.3) is 0 Å². The van der Waals surface area contributed by atoms with Crippen LogP contribution in [0.2, 0.25) is 0 Å². The van der Waals surface area contributed by atoms with Crippen LogP contribution in [-0.2, 0) is 51.5 Å². The largest absolute Gasteiger partial charge is 0.461 e. The first-order chi connectivity index (χ1) is 28.3. The maximum Gasteiger partial charge on any atom is 0.306 e. The number of carbonyl (C=O) groups excluding carboxylic acids is 6.